The van der Waals surface area contributed by atoms with Crippen LogP contribution in [0.25, 0.3) is 0 Å². The van der Waals surface area contributed by atoms with Gasteiger partial charge in [0.2, 0.25) is 5.91 Å². The summed E-state index contributed by atoms with van der Waals surface area (Å²) in [5, 5.41) is 2.97. The predicted octanol–water partition coefficient (Wildman–Crippen LogP) is 3.97. The summed E-state index contributed by atoms with van der Waals surface area (Å²) in [7, 11) is 0. The number of rotatable bonds is 9. The van der Waals surface area contributed by atoms with Crippen molar-refractivity contribution in [3.8, 4) is 5.75 Å². The number of benzene rings is 2. The van der Waals surface area contributed by atoms with Crippen molar-refractivity contribution >= 4 is 11.8 Å². The highest BCUT2D eigenvalue weighted by atomic mass is 19.1. The van der Waals surface area contributed by atoms with Crippen LogP contribution in [-0.4, -0.2) is 41.4 Å². The van der Waals surface area contributed by atoms with Gasteiger partial charge < -0.3 is 15.0 Å². The predicted molar refractivity (Wildman–Crippen MR) is 116 cm³/mol. The molecule has 1 N–H and O–H groups in total. The Kier molecular flexibility index (Phi) is 8.39. The molecule has 2 aromatic rings. The van der Waals surface area contributed by atoms with Crippen LogP contribution in [0.2, 0.25) is 0 Å². The highest BCUT2D eigenvalue weighted by Gasteiger charge is 2.30. The van der Waals surface area contributed by atoms with Crippen molar-refractivity contribution < 1.29 is 18.7 Å². The summed E-state index contributed by atoms with van der Waals surface area (Å²) in [5.74, 6) is -0.442. The number of hydrogen-bond donors (Lipinski definition) is 1. The van der Waals surface area contributed by atoms with Crippen LogP contribution in [0.5, 0.6) is 5.75 Å². The van der Waals surface area contributed by atoms with E-state index < -0.39 is 11.6 Å². The highest BCUT2D eigenvalue weighted by Crippen LogP contribution is 2.14. The second-order valence-corrected chi connectivity index (χ2v) is 8.23. The van der Waals surface area contributed by atoms with Crippen LogP contribution in [0.4, 0.5) is 4.39 Å². The fourth-order valence-electron chi connectivity index (χ4n) is 3.11. The van der Waals surface area contributed by atoms with Gasteiger partial charge in [0.15, 0.2) is 6.61 Å². The minimum absolute atomic E-state index is 0.187. The Morgan fingerprint density at radius 3 is 2.27 bits per heavy atom. The monoisotopic (exact) mass is 414 g/mol. The molecule has 0 spiro atoms. The number of halogens is 1. The summed E-state index contributed by atoms with van der Waals surface area (Å²) in [5.41, 5.74) is 0.685. The number of amides is 2. The second-order valence-electron chi connectivity index (χ2n) is 8.23. The molecule has 0 fully saturated rings. The SMILES string of the molecule is CCC(C(=O)NC(C)(C)C)N(CCc1ccccc1)C(=O)COc1ccc(F)cc1. The molecule has 2 amide bonds. The lowest BCUT2D eigenvalue weighted by atomic mass is 10.1. The Hall–Kier alpha value is -2.89. The van der Waals surface area contributed by atoms with Crippen molar-refractivity contribution in [1.82, 2.24) is 10.2 Å². The molecule has 0 saturated carbocycles. The van der Waals surface area contributed by atoms with Crippen molar-refractivity contribution in [2.45, 2.75) is 52.1 Å². The Bertz CT molecular complexity index is 817. The van der Waals surface area contributed by atoms with Gasteiger partial charge in [0.05, 0.1) is 0 Å². The molecular weight excluding hydrogens is 383 g/mol. The van der Waals surface area contributed by atoms with Crippen LogP contribution in [0.3, 0.4) is 0 Å². The first-order valence-electron chi connectivity index (χ1n) is 10.2. The molecule has 5 nitrogen and oxygen atoms in total. The van der Waals surface area contributed by atoms with E-state index in [1.54, 1.807) is 4.90 Å². The Morgan fingerprint density at radius 1 is 1.07 bits per heavy atom. The Balaban J connectivity index is 2.14. The lowest BCUT2D eigenvalue weighted by Gasteiger charge is -2.33. The van der Waals surface area contributed by atoms with E-state index in [4.69, 9.17) is 4.74 Å². The van der Waals surface area contributed by atoms with Crippen LogP contribution in [0.1, 0.15) is 39.7 Å². The highest BCUT2D eigenvalue weighted by molar-refractivity contribution is 5.88. The van der Waals surface area contributed by atoms with E-state index in [-0.39, 0.29) is 24.2 Å². The van der Waals surface area contributed by atoms with E-state index in [0.29, 0.717) is 25.1 Å². The number of carbonyl (C=O) groups is 2. The van der Waals surface area contributed by atoms with Gasteiger partial charge in [0.1, 0.15) is 17.6 Å². The second kappa shape index (κ2) is 10.8. The molecule has 0 saturated heterocycles. The molecule has 30 heavy (non-hydrogen) atoms. The molecule has 0 heterocycles. The molecule has 0 aliphatic heterocycles. The minimum atomic E-state index is -0.600. The first kappa shape index (κ1) is 23.4. The Morgan fingerprint density at radius 2 is 1.70 bits per heavy atom. The zero-order chi connectivity index (χ0) is 22.1. The van der Waals surface area contributed by atoms with Gasteiger partial charge in [0, 0.05) is 12.1 Å². The van der Waals surface area contributed by atoms with Crippen LogP contribution in [-0.2, 0) is 16.0 Å². The molecule has 0 radical (unpaired) electrons. The third-order valence-corrected chi connectivity index (χ3v) is 4.54. The lowest BCUT2D eigenvalue weighted by molar-refractivity contribution is -0.142. The minimum Gasteiger partial charge on any atom is -0.484 e. The summed E-state index contributed by atoms with van der Waals surface area (Å²) < 4.78 is 18.6. The average molecular weight is 415 g/mol. The smallest absolute Gasteiger partial charge is 0.261 e. The molecule has 1 atom stereocenters. The molecular formula is C24H31FN2O3. The third kappa shape index (κ3) is 7.50. The largest absolute Gasteiger partial charge is 0.484 e. The van der Waals surface area contributed by atoms with Crippen molar-refractivity contribution in [1.29, 1.82) is 0 Å². The van der Waals surface area contributed by atoms with Gasteiger partial charge in [-0.15, -0.1) is 0 Å². The number of ether oxygens (including phenoxy) is 1. The molecule has 1 unspecified atom stereocenters. The summed E-state index contributed by atoms with van der Waals surface area (Å²) in [6.45, 7) is 7.78. The standard InChI is InChI=1S/C24H31FN2O3/c1-5-21(23(29)26-24(2,3)4)27(16-15-18-9-7-6-8-10-18)22(28)17-30-20-13-11-19(25)12-14-20/h6-14,21H,5,15-17H2,1-4H3,(H,26,29). The summed E-state index contributed by atoms with van der Waals surface area (Å²) >= 11 is 0. The van der Waals surface area contributed by atoms with Gasteiger partial charge >= 0.3 is 0 Å². The van der Waals surface area contributed by atoms with E-state index in [9.17, 15) is 14.0 Å². The molecule has 2 rings (SSSR count). The van der Waals surface area contributed by atoms with Gasteiger partial charge in [-0.3, -0.25) is 9.59 Å². The molecule has 162 valence electrons. The third-order valence-electron chi connectivity index (χ3n) is 4.54. The van der Waals surface area contributed by atoms with Gasteiger partial charge in [0.25, 0.3) is 5.91 Å². The fourth-order valence-corrected chi connectivity index (χ4v) is 3.11. The summed E-state index contributed by atoms with van der Waals surface area (Å²) in [4.78, 5) is 27.5. The van der Waals surface area contributed by atoms with Crippen molar-refractivity contribution in [3.05, 3.63) is 66.0 Å². The van der Waals surface area contributed by atoms with Gasteiger partial charge in [-0.2, -0.15) is 0 Å². The van der Waals surface area contributed by atoms with Crippen LogP contribution in [0, 0.1) is 5.82 Å². The lowest BCUT2D eigenvalue weighted by Crippen LogP contribution is -2.54. The van der Waals surface area contributed by atoms with Crippen LogP contribution >= 0.6 is 0 Å². The van der Waals surface area contributed by atoms with E-state index in [2.05, 4.69) is 5.32 Å². The maximum atomic E-state index is 13.1. The quantitative estimate of drug-likeness (QED) is 0.676. The number of nitrogens with zero attached hydrogens (tertiary/aromatic N) is 1. The normalized spacial score (nSPS) is 12.2. The van der Waals surface area contributed by atoms with E-state index in [0.717, 1.165) is 5.56 Å². The van der Waals surface area contributed by atoms with Gasteiger partial charge in [-0.05, 0) is 63.4 Å². The molecule has 0 aliphatic rings. The first-order valence-corrected chi connectivity index (χ1v) is 10.2. The average Bonchev–Trinajstić information content (AvgIpc) is 2.69. The van der Waals surface area contributed by atoms with Crippen molar-refractivity contribution in [3.63, 3.8) is 0 Å². The Labute approximate surface area is 178 Å². The van der Waals surface area contributed by atoms with Crippen LogP contribution in [0.15, 0.2) is 54.6 Å². The zero-order valence-electron chi connectivity index (χ0n) is 18.2. The first-order chi connectivity index (χ1) is 14.2. The van der Waals surface area contributed by atoms with Crippen molar-refractivity contribution in [2.75, 3.05) is 13.2 Å². The summed E-state index contributed by atoms with van der Waals surface area (Å²) in [6.07, 6.45) is 1.11. The number of nitrogens with one attached hydrogen (secondary N) is 1. The molecule has 0 bridgehead atoms. The molecule has 0 aromatic heterocycles. The van der Waals surface area contributed by atoms with Crippen molar-refractivity contribution in [2.24, 2.45) is 0 Å². The van der Waals surface area contributed by atoms with Gasteiger partial charge in [-0.1, -0.05) is 37.3 Å². The fraction of sp³-hybridized carbons (Fsp3) is 0.417. The van der Waals surface area contributed by atoms with E-state index in [1.807, 2.05) is 58.0 Å². The van der Waals surface area contributed by atoms with E-state index in [1.165, 1.54) is 24.3 Å². The molecule has 0 aliphatic carbocycles. The summed E-state index contributed by atoms with van der Waals surface area (Å²) in [6, 6.07) is 14.7. The topological polar surface area (TPSA) is 58.6 Å². The number of carbonyl (C=O) groups excluding carboxylic acids is 2. The molecule has 6 heteroatoms. The zero-order valence-corrected chi connectivity index (χ0v) is 18.2. The maximum Gasteiger partial charge on any atom is 0.261 e. The number of hydrogen-bond acceptors (Lipinski definition) is 3. The van der Waals surface area contributed by atoms with Gasteiger partial charge in [-0.25, -0.2) is 4.39 Å². The van der Waals surface area contributed by atoms with Crippen LogP contribution < -0.4 is 10.1 Å². The molecule has 2 aromatic carbocycles. The van der Waals surface area contributed by atoms with E-state index >= 15 is 0 Å². The maximum absolute atomic E-state index is 13.1.